The highest BCUT2D eigenvalue weighted by Gasteiger charge is 2.21. The predicted molar refractivity (Wildman–Crippen MR) is 103 cm³/mol. The summed E-state index contributed by atoms with van der Waals surface area (Å²) in [6.07, 6.45) is 0.410. The van der Waals surface area contributed by atoms with Crippen LogP contribution in [0.25, 0.3) is 10.8 Å². The fourth-order valence-corrected chi connectivity index (χ4v) is 2.69. The van der Waals surface area contributed by atoms with Crippen molar-refractivity contribution in [1.82, 2.24) is 4.98 Å². The molecule has 0 saturated carbocycles. The largest absolute Gasteiger partial charge is 0.496 e. The van der Waals surface area contributed by atoms with Gasteiger partial charge in [0.1, 0.15) is 11.6 Å². The number of carbonyl (C=O) groups excluding carboxylic acids is 2. The molecule has 0 aliphatic carbocycles. The SMILES string of the molecule is COc1ccc(C(=O)O[C@@H](C)C(=O)Nc2ccc(Cl)cn2)c2ccccc12. The van der Waals surface area contributed by atoms with Gasteiger partial charge in [0.05, 0.1) is 17.7 Å². The molecule has 1 N–H and O–H groups in total. The first-order valence-electron chi connectivity index (χ1n) is 8.18. The van der Waals surface area contributed by atoms with Gasteiger partial charge in [0.25, 0.3) is 5.91 Å². The van der Waals surface area contributed by atoms with Gasteiger partial charge < -0.3 is 14.8 Å². The lowest BCUT2D eigenvalue weighted by Gasteiger charge is -2.15. The second-order valence-corrected chi connectivity index (χ2v) is 6.20. The topological polar surface area (TPSA) is 77.5 Å². The normalized spacial score (nSPS) is 11.7. The van der Waals surface area contributed by atoms with Crippen LogP contribution in [0, 0.1) is 0 Å². The maximum Gasteiger partial charge on any atom is 0.339 e. The van der Waals surface area contributed by atoms with E-state index < -0.39 is 18.0 Å². The number of nitrogens with zero attached hydrogens (tertiary/aromatic N) is 1. The van der Waals surface area contributed by atoms with Gasteiger partial charge in [-0.15, -0.1) is 0 Å². The van der Waals surface area contributed by atoms with E-state index in [-0.39, 0.29) is 0 Å². The number of pyridine rings is 1. The summed E-state index contributed by atoms with van der Waals surface area (Å²) >= 11 is 5.76. The third-order valence-corrected chi connectivity index (χ3v) is 4.18. The lowest BCUT2D eigenvalue weighted by atomic mass is 10.0. The number of ether oxygens (including phenoxy) is 2. The fourth-order valence-electron chi connectivity index (χ4n) is 2.58. The third-order valence-electron chi connectivity index (χ3n) is 3.96. The first kappa shape index (κ1) is 18.7. The van der Waals surface area contributed by atoms with Crippen molar-refractivity contribution in [3.8, 4) is 5.75 Å². The summed E-state index contributed by atoms with van der Waals surface area (Å²) in [4.78, 5) is 28.8. The maximum atomic E-state index is 12.6. The molecular formula is C20H17ClN2O4. The molecule has 0 spiro atoms. The zero-order chi connectivity index (χ0) is 19.4. The van der Waals surface area contributed by atoms with E-state index in [1.807, 2.05) is 18.2 Å². The molecule has 0 saturated heterocycles. The highest BCUT2D eigenvalue weighted by Crippen LogP contribution is 2.29. The van der Waals surface area contributed by atoms with Gasteiger partial charge in [0, 0.05) is 11.6 Å². The van der Waals surface area contributed by atoms with E-state index in [1.165, 1.54) is 13.1 Å². The van der Waals surface area contributed by atoms with Crippen LogP contribution in [0.5, 0.6) is 5.75 Å². The van der Waals surface area contributed by atoms with Crippen LogP contribution in [0.15, 0.2) is 54.7 Å². The van der Waals surface area contributed by atoms with Crippen LogP contribution >= 0.6 is 11.6 Å². The van der Waals surface area contributed by atoms with E-state index in [4.69, 9.17) is 21.1 Å². The predicted octanol–water partition coefficient (Wildman–Crippen LogP) is 4.08. The first-order valence-corrected chi connectivity index (χ1v) is 8.56. The van der Waals surface area contributed by atoms with Crippen LogP contribution < -0.4 is 10.1 Å². The number of carbonyl (C=O) groups is 2. The Morgan fingerprint density at radius 1 is 1.07 bits per heavy atom. The smallest absolute Gasteiger partial charge is 0.339 e. The molecule has 2 aromatic carbocycles. The van der Waals surface area contributed by atoms with Crippen molar-refractivity contribution in [3.05, 3.63) is 65.3 Å². The van der Waals surface area contributed by atoms with Crippen molar-refractivity contribution < 1.29 is 19.1 Å². The van der Waals surface area contributed by atoms with Gasteiger partial charge in [-0.3, -0.25) is 4.79 Å². The number of aromatic nitrogens is 1. The standard InChI is InChI=1S/C20H17ClN2O4/c1-12(19(24)23-18-10-7-13(21)11-22-18)27-20(25)16-8-9-17(26-2)15-6-4-3-5-14(15)16/h3-12H,1-2H3,(H,22,23,24)/t12-/m0/s1. The fraction of sp³-hybridized carbons (Fsp3) is 0.150. The molecule has 27 heavy (non-hydrogen) atoms. The summed E-state index contributed by atoms with van der Waals surface area (Å²) in [7, 11) is 1.57. The number of amides is 1. The summed E-state index contributed by atoms with van der Waals surface area (Å²) < 4.78 is 10.7. The molecule has 0 aliphatic rings. The van der Waals surface area contributed by atoms with Gasteiger partial charge in [-0.2, -0.15) is 0 Å². The second kappa shape index (κ2) is 8.05. The highest BCUT2D eigenvalue weighted by molar-refractivity contribution is 6.30. The number of methoxy groups -OCH3 is 1. The Morgan fingerprint density at radius 3 is 2.48 bits per heavy atom. The number of anilines is 1. The Bertz CT molecular complexity index is 989. The lowest BCUT2D eigenvalue weighted by molar-refractivity contribution is -0.123. The van der Waals surface area contributed by atoms with E-state index in [0.29, 0.717) is 27.5 Å². The van der Waals surface area contributed by atoms with E-state index in [9.17, 15) is 9.59 Å². The molecule has 1 atom stereocenters. The Hall–Kier alpha value is -3.12. The van der Waals surface area contributed by atoms with E-state index >= 15 is 0 Å². The molecule has 0 unspecified atom stereocenters. The number of rotatable bonds is 5. The van der Waals surface area contributed by atoms with Crippen molar-refractivity contribution in [2.24, 2.45) is 0 Å². The number of halogens is 1. The number of esters is 1. The van der Waals surface area contributed by atoms with E-state index in [0.717, 1.165) is 5.39 Å². The molecular weight excluding hydrogens is 368 g/mol. The van der Waals surface area contributed by atoms with Crippen molar-refractivity contribution in [1.29, 1.82) is 0 Å². The molecule has 3 aromatic rings. The minimum atomic E-state index is -1.00. The summed E-state index contributed by atoms with van der Waals surface area (Å²) in [5.74, 6) is -0.111. The van der Waals surface area contributed by atoms with Crippen LogP contribution in [-0.2, 0) is 9.53 Å². The van der Waals surface area contributed by atoms with Crippen molar-refractivity contribution >= 4 is 40.1 Å². The number of hydrogen-bond donors (Lipinski definition) is 1. The Labute approximate surface area is 161 Å². The monoisotopic (exact) mass is 384 g/mol. The summed E-state index contributed by atoms with van der Waals surface area (Å²) in [6.45, 7) is 1.49. The van der Waals surface area contributed by atoms with Gasteiger partial charge in [0.2, 0.25) is 0 Å². The molecule has 1 amide bonds. The zero-order valence-electron chi connectivity index (χ0n) is 14.7. The second-order valence-electron chi connectivity index (χ2n) is 5.76. The van der Waals surface area contributed by atoms with Crippen LogP contribution in [0.2, 0.25) is 5.02 Å². The average molecular weight is 385 g/mol. The minimum Gasteiger partial charge on any atom is -0.496 e. The van der Waals surface area contributed by atoms with Crippen molar-refractivity contribution in [2.75, 3.05) is 12.4 Å². The third kappa shape index (κ3) is 4.17. The molecule has 0 aliphatic heterocycles. The van der Waals surface area contributed by atoms with Gasteiger partial charge in [-0.05, 0) is 36.6 Å². The lowest BCUT2D eigenvalue weighted by Crippen LogP contribution is -2.30. The average Bonchev–Trinajstić information content (AvgIpc) is 2.68. The van der Waals surface area contributed by atoms with Gasteiger partial charge >= 0.3 is 5.97 Å². The Balaban J connectivity index is 1.76. The molecule has 1 aromatic heterocycles. The number of fused-ring (bicyclic) bond motifs is 1. The van der Waals surface area contributed by atoms with Gasteiger partial charge in [-0.25, -0.2) is 9.78 Å². The van der Waals surface area contributed by atoms with Crippen LogP contribution in [-0.4, -0.2) is 30.1 Å². The molecule has 0 bridgehead atoms. The van der Waals surface area contributed by atoms with Crippen LogP contribution in [0.1, 0.15) is 17.3 Å². The molecule has 0 fully saturated rings. The van der Waals surface area contributed by atoms with E-state index in [2.05, 4.69) is 10.3 Å². The summed E-state index contributed by atoms with van der Waals surface area (Å²) in [6, 6.07) is 13.8. The maximum absolute atomic E-state index is 12.6. The number of hydrogen-bond acceptors (Lipinski definition) is 5. The molecule has 138 valence electrons. The number of benzene rings is 2. The molecule has 1 heterocycles. The van der Waals surface area contributed by atoms with Crippen molar-refractivity contribution in [2.45, 2.75) is 13.0 Å². The Morgan fingerprint density at radius 2 is 1.81 bits per heavy atom. The first-order chi connectivity index (χ1) is 13.0. The Kier molecular flexibility index (Phi) is 5.57. The molecule has 6 nitrogen and oxygen atoms in total. The summed E-state index contributed by atoms with van der Waals surface area (Å²) in [5, 5.41) is 4.51. The number of nitrogens with one attached hydrogen (secondary N) is 1. The molecule has 0 radical (unpaired) electrons. The van der Waals surface area contributed by atoms with Crippen LogP contribution in [0.3, 0.4) is 0 Å². The van der Waals surface area contributed by atoms with Crippen LogP contribution in [0.4, 0.5) is 5.82 Å². The minimum absolute atomic E-state index is 0.321. The summed E-state index contributed by atoms with van der Waals surface area (Å²) in [5.41, 5.74) is 0.357. The van der Waals surface area contributed by atoms with E-state index in [1.54, 1.807) is 37.4 Å². The highest BCUT2D eigenvalue weighted by atomic mass is 35.5. The van der Waals surface area contributed by atoms with Crippen molar-refractivity contribution in [3.63, 3.8) is 0 Å². The zero-order valence-corrected chi connectivity index (χ0v) is 15.5. The molecule has 3 rings (SSSR count). The quantitative estimate of drug-likeness (QED) is 0.670. The molecule has 7 heteroatoms. The van der Waals surface area contributed by atoms with Gasteiger partial charge in [-0.1, -0.05) is 35.9 Å². The van der Waals surface area contributed by atoms with Gasteiger partial charge in [0.15, 0.2) is 6.10 Å².